The molecule has 0 atom stereocenters. The molecule has 0 aromatic carbocycles. The minimum Gasteiger partial charge on any atom is -0.269 e. The lowest BCUT2D eigenvalue weighted by molar-refractivity contribution is 0.931. The van der Waals surface area contributed by atoms with Gasteiger partial charge in [0.1, 0.15) is 0 Å². The van der Waals surface area contributed by atoms with Gasteiger partial charge in [0.05, 0.1) is 0 Å². The smallest absolute Gasteiger partial charge is 0.262 e. The van der Waals surface area contributed by atoms with Gasteiger partial charge in [-0.2, -0.15) is 0 Å². The molecule has 2 aromatic heterocycles. The van der Waals surface area contributed by atoms with Gasteiger partial charge in [-0.3, -0.25) is 9.20 Å². The molecule has 0 N–H and O–H groups in total. The largest absolute Gasteiger partial charge is 0.269 e. The minimum absolute atomic E-state index is 0.0869. The van der Waals surface area contributed by atoms with E-state index in [0.29, 0.717) is 0 Å². The van der Waals surface area contributed by atoms with E-state index in [1.54, 1.807) is 15.7 Å². The second kappa shape index (κ2) is 4.30. The summed E-state index contributed by atoms with van der Waals surface area (Å²) >= 11 is 4.94. The quantitative estimate of drug-likeness (QED) is 0.799. The van der Waals surface area contributed by atoms with Crippen molar-refractivity contribution < 1.29 is 0 Å². The number of aromatic nitrogens is 2. The Labute approximate surface area is 106 Å². The average molecular weight is 301 g/mol. The fraction of sp³-hybridized carbons (Fsp3) is 0.455. The van der Waals surface area contributed by atoms with E-state index in [4.69, 9.17) is 0 Å². The molecule has 0 aliphatic heterocycles. The summed E-state index contributed by atoms with van der Waals surface area (Å²) in [4.78, 5) is 18.7. The zero-order chi connectivity index (χ0) is 11.9. The van der Waals surface area contributed by atoms with Gasteiger partial charge in [0.2, 0.25) is 0 Å². The lowest BCUT2D eigenvalue weighted by Crippen LogP contribution is -2.21. The van der Waals surface area contributed by atoms with E-state index in [-0.39, 0.29) is 5.56 Å². The minimum atomic E-state index is 0.0869. The van der Waals surface area contributed by atoms with Crippen LogP contribution < -0.4 is 5.56 Å². The van der Waals surface area contributed by atoms with Crippen LogP contribution >= 0.6 is 27.3 Å². The Balaban J connectivity index is 2.85. The number of hydrogen-bond acceptors (Lipinski definition) is 3. The van der Waals surface area contributed by atoms with Gasteiger partial charge in [0.25, 0.3) is 5.56 Å². The first-order chi connectivity index (χ1) is 7.56. The van der Waals surface area contributed by atoms with Crippen LogP contribution in [0.2, 0.25) is 0 Å². The highest BCUT2D eigenvalue weighted by Gasteiger charge is 2.13. The molecule has 0 aliphatic rings. The van der Waals surface area contributed by atoms with Crippen LogP contribution in [0.3, 0.4) is 0 Å². The van der Waals surface area contributed by atoms with Crippen LogP contribution in [0.25, 0.3) is 4.96 Å². The molecule has 0 saturated carbocycles. The molecule has 0 amide bonds. The summed E-state index contributed by atoms with van der Waals surface area (Å²) in [6, 6.07) is 0. The Hall–Kier alpha value is -0.680. The van der Waals surface area contributed by atoms with E-state index in [0.717, 1.165) is 38.5 Å². The molecule has 0 fully saturated rings. The van der Waals surface area contributed by atoms with Crippen molar-refractivity contribution in [1.82, 2.24) is 9.38 Å². The van der Waals surface area contributed by atoms with Crippen molar-refractivity contribution in [3.63, 3.8) is 0 Å². The highest BCUT2D eigenvalue weighted by Crippen LogP contribution is 2.19. The molecule has 16 heavy (non-hydrogen) atoms. The van der Waals surface area contributed by atoms with E-state index in [1.807, 2.05) is 20.8 Å². The summed E-state index contributed by atoms with van der Waals surface area (Å²) in [6.45, 7) is 5.90. The molecule has 2 heterocycles. The highest BCUT2D eigenvalue weighted by molar-refractivity contribution is 9.09. The molecule has 3 nitrogen and oxygen atoms in total. The predicted octanol–water partition coefficient (Wildman–Crippen LogP) is 2.62. The lowest BCUT2D eigenvalue weighted by atomic mass is 10.2. The Morgan fingerprint density at radius 1 is 1.38 bits per heavy atom. The van der Waals surface area contributed by atoms with Crippen molar-refractivity contribution in [3.8, 4) is 0 Å². The molecule has 0 bridgehead atoms. The lowest BCUT2D eigenvalue weighted by Gasteiger charge is -2.04. The van der Waals surface area contributed by atoms with Gasteiger partial charge >= 0.3 is 0 Å². The maximum absolute atomic E-state index is 12.3. The molecule has 2 aromatic rings. The highest BCUT2D eigenvalue weighted by atomic mass is 79.9. The van der Waals surface area contributed by atoms with Gasteiger partial charge in [0.15, 0.2) is 4.96 Å². The summed E-state index contributed by atoms with van der Waals surface area (Å²) in [6.07, 6.45) is 0.731. The van der Waals surface area contributed by atoms with Crippen LogP contribution in [-0.4, -0.2) is 14.7 Å². The van der Waals surface area contributed by atoms with E-state index < -0.39 is 0 Å². The number of fused-ring (bicyclic) bond motifs is 1. The molecule has 2 rings (SSSR count). The van der Waals surface area contributed by atoms with Crippen molar-refractivity contribution in [2.24, 2.45) is 0 Å². The summed E-state index contributed by atoms with van der Waals surface area (Å²) < 4.78 is 1.73. The van der Waals surface area contributed by atoms with Crippen LogP contribution in [0.5, 0.6) is 0 Å². The summed E-state index contributed by atoms with van der Waals surface area (Å²) in [5.74, 6) is 0. The van der Waals surface area contributed by atoms with Gasteiger partial charge in [-0.05, 0) is 27.2 Å². The first kappa shape index (κ1) is 11.8. The van der Waals surface area contributed by atoms with Crippen molar-refractivity contribution in [2.45, 2.75) is 27.2 Å². The molecular weight excluding hydrogens is 288 g/mol. The fourth-order valence-electron chi connectivity index (χ4n) is 1.75. The van der Waals surface area contributed by atoms with Crippen molar-refractivity contribution in [3.05, 3.63) is 32.2 Å². The molecular formula is C11H13BrN2OS. The van der Waals surface area contributed by atoms with Gasteiger partial charge in [0, 0.05) is 27.2 Å². The Kier molecular flexibility index (Phi) is 3.17. The molecule has 0 saturated heterocycles. The number of aryl methyl sites for hydroxylation is 3. The molecule has 5 heteroatoms. The van der Waals surface area contributed by atoms with Crippen molar-refractivity contribution in [1.29, 1.82) is 0 Å². The summed E-state index contributed by atoms with van der Waals surface area (Å²) in [5.41, 5.74) is 2.76. The number of rotatable bonds is 2. The number of nitrogens with zero attached hydrogens (tertiary/aromatic N) is 2. The second-order valence-electron chi connectivity index (χ2n) is 3.78. The monoisotopic (exact) mass is 300 g/mol. The van der Waals surface area contributed by atoms with Crippen LogP contribution in [0.1, 0.15) is 21.8 Å². The van der Waals surface area contributed by atoms with Crippen LogP contribution in [-0.2, 0) is 6.42 Å². The number of thiazole rings is 1. The number of alkyl halides is 1. The van der Waals surface area contributed by atoms with Crippen molar-refractivity contribution >= 4 is 32.2 Å². The molecule has 86 valence electrons. The standard InChI is InChI=1S/C11H13BrN2OS/c1-6-9(4-5-12)10(15)14-7(2)8(3)16-11(14)13-6/h4-5H2,1-3H3. The van der Waals surface area contributed by atoms with E-state index in [9.17, 15) is 4.79 Å². The van der Waals surface area contributed by atoms with E-state index in [1.165, 1.54) is 0 Å². The third kappa shape index (κ3) is 1.72. The second-order valence-corrected chi connectivity index (χ2v) is 5.76. The normalized spacial score (nSPS) is 11.2. The molecule has 0 radical (unpaired) electrons. The number of halogens is 1. The maximum Gasteiger partial charge on any atom is 0.262 e. The molecule has 0 spiro atoms. The maximum atomic E-state index is 12.3. The Bertz CT molecular complexity index is 600. The van der Waals surface area contributed by atoms with Gasteiger partial charge in [-0.25, -0.2) is 4.98 Å². The Morgan fingerprint density at radius 3 is 2.69 bits per heavy atom. The molecule has 0 aliphatic carbocycles. The first-order valence-corrected chi connectivity index (χ1v) is 7.04. The van der Waals surface area contributed by atoms with Crippen LogP contribution in [0.4, 0.5) is 0 Å². The fourth-order valence-corrected chi connectivity index (χ4v) is 3.16. The SMILES string of the molecule is Cc1nc2sc(C)c(C)n2c(=O)c1CCBr. The zero-order valence-corrected chi connectivity index (χ0v) is 11.9. The predicted molar refractivity (Wildman–Crippen MR) is 71.0 cm³/mol. The van der Waals surface area contributed by atoms with Gasteiger partial charge in [-0.1, -0.05) is 15.9 Å². The molecule has 0 unspecified atom stereocenters. The third-order valence-electron chi connectivity index (χ3n) is 2.79. The summed E-state index contributed by atoms with van der Waals surface area (Å²) in [7, 11) is 0. The summed E-state index contributed by atoms with van der Waals surface area (Å²) in [5, 5.41) is 0.791. The first-order valence-electron chi connectivity index (χ1n) is 5.10. The van der Waals surface area contributed by atoms with Gasteiger partial charge in [-0.15, -0.1) is 11.3 Å². The zero-order valence-electron chi connectivity index (χ0n) is 9.50. The van der Waals surface area contributed by atoms with Crippen LogP contribution in [0, 0.1) is 20.8 Å². The average Bonchev–Trinajstić information content (AvgIpc) is 2.49. The van der Waals surface area contributed by atoms with Gasteiger partial charge < -0.3 is 0 Å². The third-order valence-corrected chi connectivity index (χ3v) is 4.24. The topological polar surface area (TPSA) is 34.4 Å². The van der Waals surface area contributed by atoms with E-state index in [2.05, 4.69) is 20.9 Å². The van der Waals surface area contributed by atoms with Crippen molar-refractivity contribution in [2.75, 3.05) is 5.33 Å². The number of hydrogen-bond donors (Lipinski definition) is 0. The van der Waals surface area contributed by atoms with E-state index >= 15 is 0 Å². The van der Waals surface area contributed by atoms with Crippen LogP contribution in [0.15, 0.2) is 4.79 Å². The Morgan fingerprint density at radius 2 is 2.06 bits per heavy atom.